The third-order valence-corrected chi connectivity index (χ3v) is 3.91. The van der Waals surface area contributed by atoms with Gasteiger partial charge in [-0.25, -0.2) is 0 Å². The molecule has 0 aromatic carbocycles. The summed E-state index contributed by atoms with van der Waals surface area (Å²) < 4.78 is 1.53. The van der Waals surface area contributed by atoms with E-state index in [1.165, 1.54) is 4.68 Å². The largest absolute Gasteiger partial charge is 0.352 e. The molecule has 130 valence electrons. The molecule has 0 fully saturated rings. The number of nitro groups is 1. The van der Waals surface area contributed by atoms with E-state index >= 15 is 0 Å². The first kappa shape index (κ1) is 19.1. The normalized spacial score (nSPS) is 12.4. The number of rotatable bonds is 9. The predicted octanol–water partition coefficient (Wildman–Crippen LogP) is 1.64. The van der Waals surface area contributed by atoms with Crippen LogP contribution < -0.4 is 5.32 Å². The van der Waals surface area contributed by atoms with E-state index < -0.39 is 4.92 Å². The molecule has 8 nitrogen and oxygen atoms in total. The molecule has 8 heteroatoms. The number of carbonyl (C=O) groups is 1. The van der Waals surface area contributed by atoms with Gasteiger partial charge < -0.3 is 10.2 Å². The molecule has 0 radical (unpaired) electrons. The fraction of sp³-hybridized carbons (Fsp3) is 0.733. The van der Waals surface area contributed by atoms with Gasteiger partial charge in [-0.3, -0.25) is 19.6 Å². The molecule has 1 heterocycles. The van der Waals surface area contributed by atoms with Crippen LogP contribution in [0.3, 0.4) is 0 Å². The van der Waals surface area contributed by atoms with Crippen LogP contribution in [0.2, 0.25) is 0 Å². The van der Waals surface area contributed by atoms with Gasteiger partial charge in [0.05, 0.1) is 11.5 Å². The molecule has 1 atom stereocenters. The molecule has 0 bridgehead atoms. The molecular formula is C15H27N5O3. The van der Waals surface area contributed by atoms with Crippen LogP contribution in [-0.4, -0.2) is 51.2 Å². The van der Waals surface area contributed by atoms with Crippen molar-refractivity contribution in [2.24, 2.45) is 0 Å². The Hall–Kier alpha value is -1.96. The Bertz CT molecular complexity index is 552. The lowest BCUT2D eigenvalue weighted by Gasteiger charge is -2.23. The quantitative estimate of drug-likeness (QED) is 0.550. The molecule has 0 aliphatic rings. The van der Waals surface area contributed by atoms with Crippen LogP contribution in [0.15, 0.2) is 0 Å². The second-order valence-corrected chi connectivity index (χ2v) is 5.70. The summed E-state index contributed by atoms with van der Waals surface area (Å²) in [5, 5.41) is 18.1. The highest BCUT2D eigenvalue weighted by molar-refractivity contribution is 5.76. The predicted molar refractivity (Wildman–Crippen MR) is 88.4 cm³/mol. The summed E-state index contributed by atoms with van der Waals surface area (Å²) in [4.78, 5) is 24.8. The fourth-order valence-electron chi connectivity index (χ4n) is 2.64. The summed E-state index contributed by atoms with van der Waals surface area (Å²) in [6.45, 7) is 12.5. The van der Waals surface area contributed by atoms with Crippen LogP contribution in [0.1, 0.15) is 38.6 Å². The van der Waals surface area contributed by atoms with Gasteiger partial charge in [-0.15, -0.1) is 0 Å². The zero-order valence-corrected chi connectivity index (χ0v) is 14.6. The molecule has 0 saturated heterocycles. The molecule has 0 aliphatic heterocycles. The second kappa shape index (κ2) is 8.61. The molecule has 1 amide bonds. The van der Waals surface area contributed by atoms with Crippen LogP contribution in [0, 0.1) is 24.0 Å². The first-order chi connectivity index (χ1) is 10.8. The van der Waals surface area contributed by atoms with Gasteiger partial charge in [0.2, 0.25) is 5.91 Å². The second-order valence-electron chi connectivity index (χ2n) is 5.70. The van der Waals surface area contributed by atoms with E-state index in [1.54, 1.807) is 13.8 Å². The maximum Gasteiger partial charge on any atom is 0.312 e. The Kier molecular flexibility index (Phi) is 7.15. The minimum Gasteiger partial charge on any atom is -0.352 e. The minimum atomic E-state index is -0.430. The monoisotopic (exact) mass is 325 g/mol. The standard InChI is InChI=1S/C15H27N5O3/c1-6-18(7-2)10-11(3)16-14(21)8-9-19-13(5)15(20(22)23)12(4)17-19/h11H,6-10H2,1-5H3,(H,16,21). The van der Waals surface area contributed by atoms with Gasteiger partial charge in [-0.1, -0.05) is 13.8 Å². The highest BCUT2D eigenvalue weighted by Gasteiger charge is 2.22. The van der Waals surface area contributed by atoms with Gasteiger partial charge in [0, 0.05) is 19.0 Å². The van der Waals surface area contributed by atoms with Gasteiger partial charge in [-0.05, 0) is 33.9 Å². The number of hydrogen-bond acceptors (Lipinski definition) is 5. The Morgan fingerprint density at radius 3 is 2.48 bits per heavy atom. The summed E-state index contributed by atoms with van der Waals surface area (Å²) in [7, 11) is 0. The molecule has 0 aliphatic carbocycles. The maximum atomic E-state index is 12.0. The van der Waals surface area contributed by atoms with Crippen molar-refractivity contribution in [1.82, 2.24) is 20.0 Å². The smallest absolute Gasteiger partial charge is 0.312 e. The van der Waals surface area contributed by atoms with Crippen molar-refractivity contribution >= 4 is 11.6 Å². The van der Waals surface area contributed by atoms with Gasteiger partial charge in [-0.2, -0.15) is 5.10 Å². The van der Waals surface area contributed by atoms with Gasteiger partial charge in [0.1, 0.15) is 11.4 Å². The Morgan fingerprint density at radius 1 is 1.39 bits per heavy atom. The first-order valence-electron chi connectivity index (χ1n) is 8.00. The molecule has 1 rings (SSSR count). The van der Waals surface area contributed by atoms with Crippen molar-refractivity contribution in [3.05, 3.63) is 21.5 Å². The van der Waals surface area contributed by atoms with E-state index in [1.807, 2.05) is 6.92 Å². The van der Waals surface area contributed by atoms with Gasteiger partial charge in [0.25, 0.3) is 0 Å². The number of aromatic nitrogens is 2. The average molecular weight is 325 g/mol. The van der Waals surface area contributed by atoms with Crippen molar-refractivity contribution in [2.45, 2.75) is 53.6 Å². The SMILES string of the molecule is CCN(CC)CC(C)NC(=O)CCn1nc(C)c([N+](=O)[O-])c1C. The molecule has 1 unspecified atom stereocenters. The van der Waals surface area contributed by atoms with Crippen LogP contribution in [-0.2, 0) is 11.3 Å². The highest BCUT2D eigenvalue weighted by Crippen LogP contribution is 2.21. The third-order valence-electron chi connectivity index (χ3n) is 3.91. The highest BCUT2D eigenvalue weighted by atomic mass is 16.6. The molecule has 1 aromatic rings. The lowest BCUT2D eigenvalue weighted by atomic mass is 10.2. The lowest BCUT2D eigenvalue weighted by Crippen LogP contribution is -2.42. The van der Waals surface area contributed by atoms with Crippen LogP contribution in [0.25, 0.3) is 0 Å². The lowest BCUT2D eigenvalue weighted by molar-refractivity contribution is -0.386. The molecule has 0 spiro atoms. The van der Waals surface area contributed by atoms with Crippen molar-refractivity contribution in [1.29, 1.82) is 0 Å². The van der Waals surface area contributed by atoms with Crippen molar-refractivity contribution in [2.75, 3.05) is 19.6 Å². The number of carbonyl (C=O) groups excluding carboxylic acids is 1. The van der Waals surface area contributed by atoms with Gasteiger partial charge in [0.15, 0.2) is 0 Å². The number of nitrogens with one attached hydrogen (secondary N) is 1. The number of likely N-dealkylation sites (N-methyl/N-ethyl adjacent to an activating group) is 1. The van der Waals surface area contributed by atoms with E-state index in [0.717, 1.165) is 19.6 Å². The summed E-state index contributed by atoms with van der Waals surface area (Å²) in [5.41, 5.74) is 0.889. The molecule has 0 saturated carbocycles. The Labute approximate surface area is 137 Å². The average Bonchev–Trinajstić information content (AvgIpc) is 2.76. The first-order valence-corrected chi connectivity index (χ1v) is 8.00. The van der Waals surface area contributed by atoms with Crippen molar-refractivity contribution < 1.29 is 9.72 Å². The van der Waals surface area contributed by atoms with E-state index in [0.29, 0.717) is 17.9 Å². The fourth-order valence-corrected chi connectivity index (χ4v) is 2.64. The molecular weight excluding hydrogens is 298 g/mol. The van der Waals surface area contributed by atoms with E-state index in [9.17, 15) is 14.9 Å². The maximum absolute atomic E-state index is 12.0. The Morgan fingerprint density at radius 2 is 2.00 bits per heavy atom. The van der Waals surface area contributed by atoms with E-state index in [2.05, 4.69) is 29.2 Å². The molecule has 1 aromatic heterocycles. The number of hydrogen-bond donors (Lipinski definition) is 1. The zero-order chi connectivity index (χ0) is 17.6. The van der Waals surface area contributed by atoms with Crippen molar-refractivity contribution in [3.8, 4) is 0 Å². The summed E-state index contributed by atoms with van der Waals surface area (Å²) in [5.74, 6) is -0.0696. The van der Waals surface area contributed by atoms with Crippen LogP contribution in [0.5, 0.6) is 0 Å². The zero-order valence-electron chi connectivity index (χ0n) is 14.6. The van der Waals surface area contributed by atoms with E-state index in [4.69, 9.17) is 0 Å². The summed E-state index contributed by atoms with van der Waals surface area (Å²) in [6.07, 6.45) is 0.252. The van der Waals surface area contributed by atoms with Gasteiger partial charge >= 0.3 is 5.69 Å². The molecule has 23 heavy (non-hydrogen) atoms. The van der Waals surface area contributed by atoms with E-state index in [-0.39, 0.29) is 24.1 Å². The minimum absolute atomic E-state index is 0.0281. The summed E-state index contributed by atoms with van der Waals surface area (Å²) in [6, 6.07) is 0.0668. The van der Waals surface area contributed by atoms with Crippen LogP contribution in [0.4, 0.5) is 5.69 Å². The number of amides is 1. The number of aryl methyl sites for hydroxylation is 2. The third kappa shape index (κ3) is 5.31. The summed E-state index contributed by atoms with van der Waals surface area (Å²) >= 11 is 0. The Balaban J connectivity index is 2.54. The number of nitrogens with zero attached hydrogens (tertiary/aromatic N) is 4. The molecule has 1 N–H and O–H groups in total. The van der Waals surface area contributed by atoms with Crippen molar-refractivity contribution in [3.63, 3.8) is 0 Å². The van der Waals surface area contributed by atoms with Crippen LogP contribution >= 0.6 is 0 Å². The topological polar surface area (TPSA) is 93.3 Å².